The van der Waals surface area contributed by atoms with Crippen LogP contribution in [-0.4, -0.2) is 40.5 Å². The number of hydrogen-bond acceptors (Lipinski definition) is 3. The molecule has 3 aliphatic rings. The van der Waals surface area contributed by atoms with Gasteiger partial charge in [0.25, 0.3) is 0 Å². The summed E-state index contributed by atoms with van der Waals surface area (Å²) in [7, 11) is 0. The van der Waals surface area contributed by atoms with Gasteiger partial charge in [-0.25, -0.2) is 4.98 Å². The van der Waals surface area contributed by atoms with Crippen molar-refractivity contribution < 1.29 is 0 Å². The number of H-pyrrole nitrogens is 1. The fourth-order valence-electron chi connectivity index (χ4n) is 2.99. The van der Waals surface area contributed by atoms with Gasteiger partial charge in [0.05, 0.1) is 12.0 Å². The predicted molar refractivity (Wildman–Crippen MR) is 63.1 cm³/mol. The van der Waals surface area contributed by atoms with E-state index in [1.165, 1.54) is 38.2 Å². The lowest BCUT2D eigenvalue weighted by Crippen LogP contribution is -2.55. The van der Waals surface area contributed by atoms with E-state index in [0.29, 0.717) is 6.04 Å². The van der Waals surface area contributed by atoms with E-state index in [1.54, 1.807) is 6.33 Å². The third kappa shape index (κ3) is 1.87. The first-order valence-corrected chi connectivity index (χ1v) is 6.27. The van der Waals surface area contributed by atoms with Crippen molar-refractivity contribution in [2.75, 3.05) is 19.6 Å². The number of aromatic amines is 1. The molecule has 0 amide bonds. The van der Waals surface area contributed by atoms with Gasteiger partial charge in [0.15, 0.2) is 0 Å². The van der Waals surface area contributed by atoms with E-state index < -0.39 is 0 Å². The van der Waals surface area contributed by atoms with Crippen LogP contribution in [0.4, 0.5) is 0 Å². The van der Waals surface area contributed by atoms with Crippen LogP contribution in [0.3, 0.4) is 0 Å². The molecule has 1 aromatic heterocycles. The van der Waals surface area contributed by atoms with Crippen LogP contribution < -0.4 is 5.32 Å². The summed E-state index contributed by atoms with van der Waals surface area (Å²) < 4.78 is 0. The fourth-order valence-corrected chi connectivity index (χ4v) is 2.99. The van der Waals surface area contributed by atoms with Gasteiger partial charge in [0.2, 0.25) is 0 Å². The van der Waals surface area contributed by atoms with Gasteiger partial charge in [-0.05, 0) is 38.8 Å². The monoisotopic (exact) mass is 220 g/mol. The molecule has 3 fully saturated rings. The number of nitrogens with zero attached hydrogens (tertiary/aromatic N) is 2. The second-order valence-corrected chi connectivity index (χ2v) is 5.10. The highest BCUT2D eigenvalue weighted by atomic mass is 15.2. The lowest BCUT2D eigenvalue weighted by molar-refractivity contribution is 0.0718. The molecule has 88 valence electrons. The van der Waals surface area contributed by atoms with Crippen LogP contribution >= 0.6 is 0 Å². The lowest BCUT2D eigenvalue weighted by atomic mass is 9.84. The Labute approximate surface area is 96.4 Å². The number of imidazole rings is 1. The van der Waals surface area contributed by atoms with Gasteiger partial charge in [-0.2, -0.15) is 0 Å². The van der Waals surface area contributed by atoms with Crippen LogP contribution in [0.25, 0.3) is 0 Å². The summed E-state index contributed by atoms with van der Waals surface area (Å²) in [5.41, 5.74) is 2.35. The van der Waals surface area contributed by atoms with Gasteiger partial charge in [0, 0.05) is 24.8 Å². The molecule has 4 rings (SSSR count). The van der Waals surface area contributed by atoms with Gasteiger partial charge in [-0.3, -0.25) is 0 Å². The normalized spacial score (nSPS) is 33.2. The summed E-state index contributed by atoms with van der Waals surface area (Å²) in [6.07, 6.45) is 4.53. The zero-order valence-electron chi connectivity index (χ0n) is 9.87. The van der Waals surface area contributed by atoms with E-state index in [2.05, 4.69) is 27.1 Å². The Bertz CT molecular complexity index is 352. The average Bonchev–Trinajstić information content (AvgIpc) is 2.74. The molecule has 1 unspecified atom stereocenters. The van der Waals surface area contributed by atoms with E-state index in [-0.39, 0.29) is 0 Å². The first-order valence-electron chi connectivity index (χ1n) is 6.27. The van der Waals surface area contributed by atoms with Gasteiger partial charge >= 0.3 is 0 Å². The highest BCUT2D eigenvalue weighted by Gasteiger charge is 2.33. The van der Waals surface area contributed by atoms with E-state index in [0.717, 1.165) is 18.2 Å². The minimum atomic E-state index is 0.679. The molecule has 0 aliphatic carbocycles. The van der Waals surface area contributed by atoms with Crippen LogP contribution in [0.2, 0.25) is 0 Å². The zero-order valence-corrected chi connectivity index (χ0v) is 9.87. The molecule has 0 aromatic carbocycles. The zero-order chi connectivity index (χ0) is 11.0. The molecule has 0 spiro atoms. The summed E-state index contributed by atoms with van der Waals surface area (Å²) in [6, 6.07) is 0.679. The molecular weight excluding hydrogens is 200 g/mol. The van der Waals surface area contributed by atoms with Crippen molar-refractivity contribution in [2.45, 2.75) is 32.4 Å². The number of piperidine rings is 3. The second kappa shape index (κ2) is 4.18. The Hall–Kier alpha value is -0.870. The molecule has 1 aromatic rings. The molecule has 16 heavy (non-hydrogen) atoms. The molecule has 3 saturated heterocycles. The van der Waals surface area contributed by atoms with Crippen LogP contribution in [0, 0.1) is 12.8 Å². The van der Waals surface area contributed by atoms with Crippen molar-refractivity contribution in [1.82, 2.24) is 20.2 Å². The maximum atomic E-state index is 4.33. The number of hydrogen-bond donors (Lipinski definition) is 2. The molecule has 0 radical (unpaired) electrons. The summed E-state index contributed by atoms with van der Waals surface area (Å²) in [4.78, 5) is 10.0. The third-order valence-electron chi connectivity index (χ3n) is 4.12. The van der Waals surface area contributed by atoms with E-state index in [1.807, 2.05) is 0 Å². The van der Waals surface area contributed by atoms with Crippen molar-refractivity contribution in [3.05, 3.63) is 17.7 Å². The second-order valence-electron chi connectivity index (χ2n) is 5.10. The Kier molecular flexibility index (Phi) is 2.69. The van der Waals surface area contributed by atoms with Crippen molar-refractivity contribution in [3.8, 4) is 0 Å². The molecule has 2 N–H and O–H groups in total. The molecule has 4 nitrogen and oxygen atoms in total. The first-order chi connectivity index (χ1) is 7.83. The molecule has 1 atom stereocenters. The largest absolute Gasteiger partial charge is 0.348 e. The number of nitrogens with one attached hydrogen (secondary N) is 2. The van der Waals surface area contributed by atoms with E-state index in [4.69, 9.17) is 0 Å². The standard InChI is InChI=1S/C12H20N4/c1-9-11(15-8-14-9)6-13-12-7-16-4-2-10(12)3-5-16/h8,10,12-13H,2-7H2,1H3,(H,14,15). The van der Waals surface area contributed by atoms with E-state index in [9.17, 15) is 0 Å². The van der Waals surface area contributed by atoms with Crippen LogP contribution in [0.15, 0.2) is 6.33 Å². The topological polar surface area (TPSA) is 44.0 Å². The minimum absolute atomic E-state index is 0.679. The maximum Gasteiger partial charge on any atom is 0.0925 e. The summed E-state index contributed by atoms with van der Waals surface area (Å²) in [5, 5.41) is 3.67. The highest BCUT2D eigenvalue weighted by molar-refractivity contribution is 5.08. The summed E-state index contributed by atoms with van der Waals surface area (Å²) in [6.45, 7) is 6.84. The molecule has 4 heteroatoms. The quantitative estimate of drug-likeness (QED) is 0.795. The van der Waals surface area contributed by atoms with Crippen LogP contribution in [0.5, 0.6) is 0 Å². The van der Waals surface area contributed by atoms with Gasteiger partial charge in [0.1, 0.15) is 0 Å². The molecule has 2 bridgehead atoms. The number of fused-ring (bicyclic) bond motifs is 3. The van der Waals surface area contributed by atoms with Gasteiger partial charge in [-0.15, -0.1) is 0 Å². The molecule has 4 heterocycles. The van der Waals surface area contributed by atoms with Gasteiger partial charge < -0.3 is 15.2 Å². The fraction of sp³-hybridized carbons (Fsp3) is 0.750. The Morgan fingerprint density at radius 3 is 2.88 bits per heavy atom. The molecule has 0 saturated carbocycles. The first kappa shape index (κ1) is 10.3. The minimum Gasteiger partial charge on any atom is -0.348 e. The molecular formula is C12H20N4. The van der Waals surface area contributed by atoms with Crippen molar-refractivity contribution >= 4 is 0 Å². The predicted octanol–water partition coefficient (Wildman–Crippen LogP) is 0.902. The van der Waals surface area contributed by atoms with Crippen LogP contribution in [0.1, 0.15) is 24.2 Å². The lowest BCUT2D eigenvalue weighted by Gasteiger charge is -2.45. The van der Waals surface area contributed by atoms with Crippen molar-refractivity contribution in [3.63, 3.8) is 0 Å². The Morgan fingerprint density at radius 2 is 2.31 bits per heavy atom. The average molecular weight is 220 g/mol. The SMILES string of the molecule is Cc1[nH]cnc1CNC1CN2CCC1CC2. The number of aryl methyl sites for hydroxylation is 1. The van der Waals surface area contributed by atoms with Crippen molar-refractivity contribution in [2.24, 2.45) is 5.92 Å². The van der Waals surface area contributed by atoms with Crippen LogP contribution in [-0.2, 0) is 6.54 Å². The van der Waals surface area contributed by atoms with E-state index >= 15 is 0 Å². The smallest absolute Gasteiger partial charge is 0.0925 e. The van der Waals surface area contributed by atoms with Gasteiger partial charge in [-0.1, -0.05) is 0 Å². The summed E-state index contributed by atoms with van der Waals surface area (Å²) in [5.74, 6) is 0.893. The Balaban J connectivity index is 1.58. The maximum absolute atomic E-state index is 4.33. The number of aromatic nitrogens is 2. The third-order valence-corrected chi connectivity index (χ3v) is 4.12. The molecule has 3 aliphatic heterocycles. The Morgan fingerprint density at radius 1 is 1.50 bits per heavy atom. The highest BCUT2D eigenvalue weighted by Crippen LogP contribution is 2.27. The number of rotatable bonds is 3. The summed E-state index contributed by atoms with van der Waals surface area (Å²) >= 11 is 0. The van der Waals surface area contributed by atoms with Crippen molar-refractivity contribution in [1.29, 1.82) is 0 Å².